The van der Waals surface area contributed by atoms with E-state index < -0.39 is 0 Å². The molecule has 0 bridgehead atoms. The molecule has 2 aromatic carbocycles. The summed E-state index contributed by atoms with van der Waals surface area (Å²) in [5.41, 5.74) is 5.25. The Kier molecular flexibility index (Phi) is 3.11. The maximum Gasteiger partial charge on any atom is 0.231 e. The molecular weight excluding hydrogens is 290 g/mol. The molecule has 1 aliphatic heterocycles. The number of rotatable bonds is 2. The molecule has 0 spiro atoms. The Labute approximate surface area is 134 Å². The number of nitrogens with zero attached hydrogens (tertiary/aromatic N) is 1. The molecule has 0 atom stereocenters. The summed E-state index contributed by atoms with van der Waals surface area (Å²) >= 11 is 0. The van der Waals surface area contributed by atoms with Crippen LogP contribution in [0.1, 0.15) is 11.1 Å². The van der Waals surface area contributed by atoms with Crippen molar-refractivity contribution in [3.63, 3.8) is 0 Å². The normalized spacial score (nSPS) is 12.7. The molecule has 1 aliphatic rings. The summed E-state index contributed by atoms with van der Waals surface area (Å²) in [7, 11) is 1.63. The highest BCUT2D eigenvalue weighted by Crippen LogP contribution is 2.44. The number of methoxy groups -OCH3 is 1. The lowest BCUT2D eigenvalue weighted by atomic mass is 10.0. The van der Waals surface area contributed by atoms with Gasteiger partial charge in [-0.1, -0.05) is 12.1 Å². The molecule has 116 valence electrons. The molecule has 0 N–H and O–H groups in total. The first-order chi connectivity index (χ1) is 11.2. The lowest BCUT2D eigenvalue weighted by Crippen LogP contribution is -1.93. The number of hydrogen-bond donors (Lipinski definition) is 0. The minimum atomic E-state index is 0.221. The van der Waals surface area contributed by atoms with E-state index in [2.05, 4.69) is 38.1 Å². The zero-order valence-corrected chi connectivity index (χ0v) is 13.3. The number of aromatic nitrogens is 1. The van der Waals surface area contributed by atoms with Gasteiger partial charge in [-0.2, -0.15) is 0 Å². The third-order valence-corrected chi connectivity index (χ3v) is 4.13. The Morgan fingerprint density at radius 1 is 1.04 bits per heavy atom. The van der Waals surface area contributed by atoms with Gasteiger partial charge < -0.3 is 14.2 Å². The van der Waals surface area contributed by atoms with Crippen LogP contribution < -0.4 is 14.2 Å². The molecule has 4 rings (SSSR count). The summed E-state index contributed by atoms with van der Waals surface area (Å²) < 4.78 is 16.4. The molecule has 0 radical (unpaired) electrons. The standard InChI is InChI=1S/C19H17NO3/c1-11-4-5-14-12(2)7-15(20-16(14)6-11)13-8-17(21-3)19-18(9-13)22-10-23-19/h4-9H,10H2,1-3H3. The van der Waals surface area contributed by atoms with Crippen molar-refractivity contribution < 1.29 is 14.2 Å². The molecule has 2 heterocycles. The van der Waals surface area contributed by atoms with Crippen molar-refractivity contribution in [1.82, 2.24) is 4.98 Å². The molecule has 3 aromatic rings. The Balaban J connectivity index is 1.92. The second-order valence-electron chi connectivity index (χ2n) is 5.76. The van der Waals surface area contributed by atoms with Gasteiger partial charge in [0.2, 0.25) is 12.5 Å². The molecule has 4 nitrogen and oxygen atoms in total. The third kappa shape index (κ3) is 2.27. The number of fused-ring (bicyclic) bond motifs is 2. The van der Waals surface area contributed by atoms with Crippen molar-refractivity contribution in [2.24, 2.45) is 0 Å². The Morgan fingerprint density at radius 3 is 2.74 bits per heavy atom. The van der Waals surface area contributed by atoms with Crippen LogP contribution in [0.4, 0.5) is 0 Å². The highest BCUT2D eigenvalue weighted by atomic mass is 16.7. The van der Waals surface area contributed by atoms with Gasteiger partial charge in [0.25, 0.3) is 0 Å². The average molecular weight is 307 g/mol. The van der Waals surface area contributed by atoms with Crippen molar-refractivity contribution in [2.75, 3.05) is 13.9 Å². The van der Waals surface area contributed by atoms with Crippen LogP contribution in [0, 0.1) is 13.8 Å². The van der Waals surface area contributed by atoms with Gasteiger partial charge in [0, 0.05) is 10.9 Å². The van der Waals surface area contributed by atoms with E-state index in [-0.39, 0.29) is 6.79 Å². The minimum absolute atomic E-state index is 0.221. The predicted octanol–water partition coefficient (Wildman–Crippen LogP) is 4.26. The van der Waals surface area contributed by atoms with Crippen molar-refractivity contribution in [2.45, 2.75) is 13.8 Å². The van der Waals surface area contributed by atoms with Gasteiger partial charge in [0.05, 0.1) is 18.3 Å². The minimum Gasteiger partial charge on any atom is -0.493 e. The maximum absolute atomic E-state index is 5.51. The number of ether oxygens (including phenoxy) is 3. The van der Waals surface area contributed by atoms with Gasteiger partial charge in [-0.05, 0) is 49.2 Å². The molecule has 0 unspecified atom stereocenters. The van der Waals surface area contributed by atoms with Crippen molar-refractivity contribution in [3.05, 3.63) is 47.5 Å². The Bertz CT molecular complexity index is 918. The Morgan fingerprint density at radius 2 is 1.91 bits per heavy atom. The quantitative estimate of drug-likeness (QED) is 0.709. The fourth-order valence-electron chi connectivity index (χ4n) is 2.94. The molecule has 23 heavy (non-hydrogen) atoms. The third-order valence-electron chi connectivity index (χ3n) is 4.13. The van der Waals surface area contributed by atoms with Crippen LogP contribution in [-0.4, -0.2) is 18.9 Å². The second kappa shape index (κ2) is 5.16. The van der Waals surface area contributed by atoms with Crippen LogP contribution in [-0.2, 0) is 0 Å². The highest BCUT2D eigenvalue weighted by Gasteiger charge is 2.21. The Hall–Kier alpha value is -2.75. The highest BCUT2D eigenvalue weighted by molar-refractivity contribution is 5.86. The fraction of sp³-hybridized carbons (Fsp3) is 0.211. The molecule has 4 heteroatoms. The SMILES string of the molecule is COc1cc(-c2cc(C)c3ccc(C)cc3n2)cc2c1OCO2. The first kappa shape index (κ1) is 13.9. The van der Waals surface area contributed by atoms with Crippen LogP contribution in [0.5, 0.6) is 17.2 Å². The summed E-state index contributed by atoms with van der Waals surface area (Å²) in [6, 6.07) is 12.3. The number of pyridine rings is 1. The van der Waals surface area contributed by atoms with Gasteiger partial charge in [0.15, 0.2) is 11.5 Å². The van der Waals surface area contributed by atoms with Crippen molar-refractivity contribution >= 4 is 10.9 Å². The predicted molar refractivity (Wildman–Crippen MR) is 89.3 cm³/mol. The van der Waals surface area contributed by atoms with Crippen molar-refractivity contribution in [3.8, 4) is 28.5 Å². The largest absolute Gasteiger partial charge is 0.493 e. The monoisotopic (exact) mass is 307 g/mol. The van der Waals surface area contributed by atoms with Crippen LogP contribution in [0.15, 0.2) is 36.4 Å². The van der Waals surface area contributed by atoms with E-state index in [4.69, 9.17) is 19.2 Å². The van der Waals surface area contributed by atoms with Crippen LogP contribution in [0.2, 0.25) is 0 Å². The topological polar surface area (TPSA) is 40.6 Å². The number of benzene rings is 2. The average Bonchev–Trinajstić information content (AvgIpc) is 3.01. The van der Waals surface area contributed by atoms with E-state index in [1.165, 1.54) is 16.5 Å². The first-order valence-electron chi connectivity index (χ1n) is 7.52. The van der Waals surface area contributed by atoms with E-state index in [1.807, 2.05) is 12.1 Å². The van der Waals surface area contributed by atoms with E-state index >= 15 is 0 Å². The molecule has 0 saturated heterocycles. The lowest BCUT2D eigenvalue weighted by Gasteiger charge is -2.10. The van der Waals surface area contributed by atoms with E-state index in [0.717, 1.165) is 16.8 Å². The first-order valence-corrected chi connectivity index (χ1v) is 7.52. The molecule has 0 saturated carbocycles. The molecule has 0 amide bonds. The summed E-state index contributed by atoms with van der Waals surface area (Å²) in [4.78, 5) is 4.82. The number of aryl methyl sites for hydroxylation is 2. The second-order valence-corrected chi connectivity index (χ2v) is 5.76. The molecule has 0 fully saturated rings. The van der Waals surface area contributed by atoms with Crippen LogP contribution >= 0.6 is 0 Å². The lowest BCUT2D eigenvalue weighted by molar-refractivity contribution is 0.171. The van der Waals surface area contributed by atoms with Gasteiger partial charge in [-0.3, -0.25) is 0 Å². The van der Waals surface area contributed by atoms with Crippen LogP contribution in [0.3, 0.4) is 0 Å². The number of hydrogen-bond acceptors (Lipinski definition) is 4. The summed E-state index contributed by atoms with van der Waals surface area (Å²) in [5.74, 6) is 2.02. The smallest absolute Gasteiger partial charge is 0.231 e. The zero-order chi connectivity index (χ0) is 16.0. The summed E-state index contributed by atoms with van der Waals surface area (Å²) in [5, 5.41) is 1.17. The molecule has 1 aromatic heterocycles. The van der Waals surface area contributed by atoms with Crippen molar-refractivity contribution in [1.29, 1.82) is 0 Å². The van der Waals surface area contributed by atoms with E-state index in [0.29, 0.717) is 17.2 Å². The maximum atomic E-state index is 5.51. The zero-order valence-electron chi connectivity index (χ0n) is 13.3. The van der Waals surface area contributed by atoms with E-state index in [1.54, 1.807) is 7.11 Å². The molecule has 0 aliphatic carbocycles. The van der Waals surface area contributed by atoms with Gasteiger partial charge in [-0.15, -0.1) is 0 Å². The van der Waals surface area contributed by atoms with Crippen LogP contribution in [0.25, 0.3) is 22.2 Å². The summed E-state index contributed by atoms with van der Waals surface area (Å²) in [6.45, 7) is 4.40. The van der Waals surface area contributed by atoms with E-state index in [9.17, 15) is 0 Å². The van der Waals surface area contributed by atoms with Gasteiger partial charge in [-0.25, -0.2) is 4.98 Å². The molecular formula is C19H17NO3. The van der Waals surface area contributed by atoms with Gasteiger partial charge >= 0.3 is 0 Å². The fourth-order valence-corrected chi connectivity index (χ4v) is 2.94. The summed E-state index contributed by atoms with van der Waals surface area (Å²) in [6.07, 6.45) is 0. The van der Waals surface area contributed by atoms with Gasteiger partial charge in [0.1, 0.15) is 0 Å².